The van der Waals surface area contributed by atoms with Crippen LogP contribution in [0.25, 0.3) is 11.1 Å². The third-order valence-corrected chi connectivity index (χ3v) is 4.05. The number of hydrogen-bond acceptors (Lipinski definition) is 4. The molecule has 0 heterocycles. The van der Waals surface area contributed by atoms with Gasteiger partial charge in [0, 0.05) is 11.1 Å². The molecule has 3 rings (SSSR count). The van der Waals surface area contributed by atoms with Crippen LogP contribution in [0.1, 0.15) is 15.9 Å². The Balaban J connectivity index is 2.28. The van der Waals surface area contributed by atoms with Crippen LogP contribution in [0.5, 0.6) is 0 Å². The molecule has 1 aliphatic rings. The first-order valence-electron chi connectivity index (χ1n) is 6.79. The van der Waals surface area contributed by atoms with E-state index < -0.39 is 0 Å². The van der Waals surface area contributed by atoms with Gasteiger partial charge in [-0.05, 0) is 11.1 Å². The molecule has 22 heavy (non-hydrogen) atoms. The van der Waals surface area contributed by atoms with Gasteiger partial charge in [0.1, 0.15) is 0 Å². The Morgan fingerprint density at radius 2 is 1.45 bits per heavy atom. The third kappa shape index (κ3) is 2.12. The maximum Gasteiger partial charge on any atom is 0.232 e. The fraction of sp³-hybridized carbons (Fsp3) is 0.111. The summed E-state index contributed by atoms with van der Waals surface area (Å²) in [6, 6.07) is 15.4. The van der Waals surface area contributed by atoms with Crippen molar-refractivity contribution in [1.29, 1.82) is 0 Å². The van der Waals surface area contributed by atoms with Gasteiger partial charge in [-0.25, -0.2) is 0 Å². The van der Waals surface area contributed by atoms with Crippen molar-refractivity contribution >= 4 is 22.9 Å². The summed E-state index contributed by atoms with van der Waals surface area (Å²) in [6.07, 6.45) is 0. The molecule has 0 unspecified atom stereocenters. The van der Waals surface area contributed by atoms with Gasteiger partial charge >= 0.3 is 0 Å². The molecule has 0 fully saturated rings. The molecule has 4 heteroatoms. The molecule has 110 valence electrons. The molecule has 2 aromatic rings. The number of hydrogen-bond donors (Lipinski definition) is 0. The van der Waals surface area contributed by atoms with E-state index in [4.69, 9.17) is 21.7 Å². The molecule has 0 bridgehead atoms. The number of ketones is 1. The van der Waals surface area contributed by atoms with Crippen molar-refractivity contribution in [2.24, 2.45) is 0 Å². The van der Waals surface area contributed by atoms with Crippen LogP contribution in [0, 0.1) is 0 Å². The number of carbonyl (C=O) groups is 1. The first-order chi connectivity index (χ1) is 10.7. The van der Waals surface area contributed by atoms with Gasteiger partial charge in [-0.1, -0.05) is 60.7 Å². The fourth-order valence-corrected chi connectivity index (χ4v) is 3.00. The van der Waals surface area contributed by atoms with Crippen LogP contribution in [0.2, 0.25) is 0 Å². The molecule has 0 radical (unpaired) electrons. The zero-order valence-electron chi connectivity index (χ0n) is 12.3. The average molecular weight is 310 g/mol. The Kier molecular flexibility index (Phi) is 3.77. The minimum Gasteiger partial charge on any atom is -0.491 e. The molecule has 0 atom stereocenters. The summed E-state index contributed by atoms with van der Waals surface area (Å²) < 4.78 is 10.5. The zero-order chi connectivity index (χ0) is 15.7. The normalized spacial score (nSPS) is 13.9. The summed E-state index contributed by atoms with van der Waals surface area (Å²) in [6.45, 7) is 0. The molecular weight excluding hydrogens is 296 g/mol. The molecule has 0 N–H and O–H groups in total. The van der Waals surface area contributed by atoms with E-state index in [2.05, 4.69) is 0 Å². The Labute approximate surface area is 134 Å². The van der Waals surface area contributed by atoms with E-state index in [1.54, 1.807) is 0 Å². The van der Waals surface area contributed by atoms with Crippen LogP contribution in [0.4, 0.5) is 0 Å². The first-order valence-corrected chi connectivity index (χ1v) is 7.20. The fourth-order valence-electron chi connectivity index (χ4n) is 2.66. The predicted octanol–water partition coefficient (Wildman–Crippen LogP) is 3.77. The van der Waals surface area contributed by atoms with Crippen LogP contribution in [-0.4, -0.2) is 24.9 Å². The van der Waals surface area contributed by atoms with Gasteiger partial charge < -0.3 is 9.47 Å². The Bertz CT molecular complexity index is 791. The monoisotopic (exact) mass is 310 g/mol. The minimum absolute atomic E-state index is 0.156. The Morgan fingerprint density at radius 1 is 0.818 bits per heavy atom. The second kappa shape index (κ2) is 5.73. The van der Waals surface area contributed by atoms with Crippen molar-refractivity contribution in [2.45, 2.75) is 0 Å². The highest BCUT2D eigenvalue weighted by atomic mass is 32.1. The number of Topliss-reactive ketones (excluding diaryl/α,β-unsaturated/α-hetero) is 1. The van der Waals surface area contributed by atoms with Crippen molar-refractivity contribution in [3.63, 3.8) is 0 Å². The van der Waals surface area contributed by atoms with E-state index in [9.17, 15) is 4.79 Å². The Morgan fingerprint density at radius 3 is 2.09 bits per heavy atom. The average Bonchev–Trinajstić information content (AvgIpc) is 2.58. The zero-order valence-corrected chi connectivity index (χ0v) is 13.1. The molecule has 0 amide bonds. The maximum atomic E-state index is 12.8. The summed E-state index contributed by atoms with van der Waals surface area (Å²) >= 11 is 5.47. The quantitative estimate of drug-likeness (QED) is 0.808. The predicted molar refractivity (Wildman–Crippen MR) is 89.0 cm³/mol. The molecular formula is C18H14O3S. The summed E-state index contributed by atoms with van der Waals surface area (Å²) in [4.78, 5) is 13.3. The lowest BCUT2D eigenvalue weighted by molar-refractivity contribution is 0.0932. The van der Waals surface area contributed by atoms with Crippen LogP contribution >= 0.6 is 12.2 Å². The van der Waals surface area contributed by atoms with Gasteiger partial charge in [-0.15, -0.1) is 0 Å². The van der Waals surface area contributed by atoms with Gasteiger partial charge in [0.25, 0.3) is 0 Å². The lowest BCUT2D eigenvalue weighted by Gasteiger charge is -2.23. The van der Waals surface area contributed by atoms with E-state index in [-0.39, 0.29) is 11.5 Å². The maximum absolute atomic E-state index is 12.8. The number of carbonyl (C=O) groups excluding carboxylic acids is 1. The standard InChI is InChI=1S/C18H14O3S/c1-20-16-15(19)14-12(11-7-4-3-5-8-11)9-6-10-13(14)18(22)17(16)21-2/h3-10H,1-2H3. The van der Waals surface area contributed by atoms with Gasteiger partial charge in [0.05, 0.1) is 19.1 Å². The second-order valence-electron chi connectivity index (χ2n) is 4.82. The SMILES string of the molecule is COC1=C(OC)C(=S)c2cccc(-c3ccccc3)c2C1=O. The first kappa shape index (κ1) is 14.5. The number of thiocarbonyl (C=S) groups is 1. The van der Waals surface area contributed by atoms with Crippen molar-refractivity contribution in [1.82, 2.24) is 0 Å². The van der Waals surface area contributed by atoms with Gasteiger partial charge in [0.2, 0.25) is 11.5 Å². The van der Waals surface area contributed by atoms with Crippen LogP contribution < -0.4 is 0 Å². The number of fused-ring (bicyclic) bond motifs is 1. The number of methoxy groups -OCH3 is 2. The van der Waals surface area contributed by atoms with E-state index >= 15 is 0 Å². The molecule has 2 aromatic carbocycles. The van der Waals surface area contributed by atoms with Gasteiger partial charge in [-0.3, -0.25) is 4.79 Å². The molecule has 0 aliphatic heterocycles. The van der Waals surface area contributed by atoms with Crippen LogP contribution in [0.15, 0.2) is 60.0 Å². The Hall–Kier alpha value is -2.46. The summed E-state index contributed by atoms with van der Waals surface area (Å²) in [7, 11) is 2.94. The largest absolute Gasteiger partial charge is 0.491 e. The van der Waals surface area contributed by atoms with Crippen molar-refractivity contribution in [2.75, 3.05) is 14.2 Å². The lowest BCUT2D eigenvalue weighted by Crippen LogP contribution is -2.24. The van der Waals surface area contributed by atoms with Crippen molar-refractivity contribution < 1.29 is 14.3 Å². The summed E-state index contributed by atoms with van der Waals surface area (Å²) in [5.41, 5.74) is 3.08. The van der Waals surface area contributed by atoms with E-state index in [1.165, 1.54) is 14.2 Å². The van der Waals surface area contributed by atoms with Crippen molar-refractivity contribution in [3.05, 3.63) is 71.2 Å². The van der Waals surface area contributed by atoms with Crippen LogP contribution in [0.3, 0.4) is 0 Å². The highest BCUT2D eigenvalue weighted by molar-refractivity contribution is 7.81. The van der Waals surface area contributed by atoms with Crippen LogP contribution in [-0.2, 0) is 9.47 Å². The molecule has 0 saturated carbocycles. The second-order valence-corrected chi connectivity index (χ2v) is 5.23. The number of benzene rings is 2. The van der Waals surface area contributed by atoms with E-state index in [1.807, 2.05) is 48.5 Å². The molecule has 1 aliphatic carbocycles. The topological polar surface area (TPSA) is 35.5 Å². The smallest absolute Gasteiger partial charge is 0.232 e. The molecule has 0 saturated heterocycles. The van der Waals surface area contributed by atoms with E-state index in [0.717, 1.165) is 11.1 Å². The molecule has 3 nitrogen and oxygen atoms in total. The highest BCUT2D eigenvalue weighted by Crippen LogP contribution is 2.34. The highest BCUT2D eigenvalue weighted by Gasteiger charge is 2.33. The van der Waals surface area contributed by atoms with E-state index in [0.29, 0.717) is 21.8 Å². The number of ether oxygens (including phenoxy) is 2. The summed E-state index contributed by atoms with van der Waals surface area (Å²) in [5, 5.41) is 0. The lowest BCUT2D eigenvalue weighted by atomic mass is 9.86. The molecule has 0 spiro atoms. The number of rotatable bonds is 3. The third-order valence-electron chi connectivity index (χ3n) is 3.65. The van der Waals surface area contributed by atoms with Gasteiger partial charge in [0.15, 0.2) is 5.76 Å². The van der Waals surface area contributed by atoms with Crippen molar-refractivity contribution in [3.8, 4) is 11.1 Å². The van der Waals surface area contributed by atoms with Gasteiger partial charge in [-0.2, -0.15) is 0 Å². The summed E-state index contributed by atoms with van der Waals surface area (Å²) in [5.74, 6) is 0.269. The molecule has 0 aromatic heterocycles. The number of allylic oxidation sites excluding steroid dienone is 2. The minimum atomic E-state index is -0.206.